The molecule has 9 heteroatoms. The molecule has 0 saturated heterocycles. The van der Waals surface area contributed by atoms with Gasteiger partial charge in [-0.05, 0) is 51.0 Å². The van der Waals surface area contributed by atoms with Gasteiger partial charge in [-0.2, -0.15) is 5.26 Å². The number of nitriles is 1. The number of para-hydroxylation sites is 1. The molecule has 0 radical (unpaired) electrons. The van der Waals surface area contributed by atoms with E-state index in [9.17, 15) is 14.4 Å². The number of amides is 3. The van der Waals surface area contributed by atoms with E-state index in [1.165, 1.54) is 4.90 Å². The average molecular weight is 494 g/mol. The van der Waals surface area contributed by atoms with Crippen LogP contribution in [-0.2, 0) is 20.9 Å². The van der Waals surface area contributed by atoms with Crippen LogP contribution in [0, 0.1) is 11.3 Å². The van der Waals surface area contributed by atoms with Gasteiger partial charge in [-0.15, -0.1) is 0 Å². The Kier molecular flexibility index (Phi) is 11.4. The van der Waals surface area contributed by atoms with Gasteiger partial charge in [0.15, 0.2) is 0 Å². The van der Waals surface area contributed by atoms with Gasteiger partial charge >= 0.3 is 6.09 Å². The summed E-state index contributed by atoms with van der Waals surface area (Å²) in [5.41, 5.74) is 0.964. The molecule has 2 rings (SSSR count). The summed E-state index contributed by atoms with van der Waals surface area (Å²) in [5, 5.41) is 11.7. The largest absolute Gasteiger partial charge is 0.444 e. The summed E-state index contributed by atoms with van der Waals surface area (Å²) in [5.74, 6) is -0.452. The third-order valence-corrected chi connectivity index (χ3v) is 5.06. The van der Waals surface area contributed by atoms with E-state index in [0.717, 1.165) is 5.56 Å². The fourth-order valence-corrected chi connectivity index (χ4v) is 3.38. The molecule has 36 heavy (non-hydrogen) atoms. The van der Waals surface area contributed by atoms with E-state index in [2.05, 4.69) is 16.4 Å². The van der Waals surface area contributed by atoms with Crippen molar-refractivity contribution in [2.45, 2.75) is 58.6 Å². The van der Waals surface area contributed by atoms with Crippen LogP contribution in [0.3, 0.4) is 0 Å². The number of pyridine rings is 1. The lowest BCUT2D eigenvalue weighted by atomic mass is 10.2. The van der Waals surface area contributed by atoms with Gasteiger partial charge in [0.25, 0.3) is 0 Å². The molecule has 0 aliphatic heterocycles. The highest BCUT2D eigenvalue weighted by Gasteiger charge is 2.22. The van der Waals surface area contributed by atoms with Gasteiger partial charge < -0.3 is 19.9 Å². The number of aromatic nitrogens is 1. The van der Waals surface area contributed by atoms with E-state index in [-0.39, 0.29) is 37.6 Å². The molecule has 0 atom stereocenters. The number of carbonyl (C=O) groups is 3. The van der Waals surface area contributed by atoms with Crippen LogP contribution >= 0.6 is 0 Å². The molecule has 0 fully saturated rings. The number of hydrogen-bond donors (Lipinski definition) is 1. The highest BCUT2D eigenvalue weighted by atomic mass is 16.6. The third-order valence-electron chi connectivity index (χ3n) is 5.06. The van der Waals surface area contributed by atoms with Gasteiger partial charge in [-0.1, -0.05) is 24.3 Å². The molecule has 1 heterocycles. The van der Waals surface area contributed by atoms with Crippen molar-refractivity contribution < 1.29 is 19.1 Å². The van der Waals surface area contributed by atoms with Crippen LogP contribution in [0.5, 0.6) is 0 Å². The summed E-state index contributed by atoms with van der Waals surface area (Å²) in [7, 11) is 0. The molecule has 9 nitrogen and oxygen atoms in total. The van der Waals surface area contributed by atoms with Crippen LogP contribution in [0.2, 0.25) is 0 Å². The minimum absolute atomic E-state index is 0.0389. The summed E-state index contributed by atoms with van der Waals surface area (Å²) in [6.45, 7) is 6.81. The minimum atomic E-state index is -0.619. The maximum absolute atomic E-state index is 12.7. The molecule has 1 aromatic heterocycles. The van der Waals surface area contributed by atoms with Gasteiger partial charge in [0.2, 0.25) is 11.8 Å². The second kappa shape index (κ2) is 14.5. The first-order chi connectivity index (χ1) is 17.2. The molecule has 0 spiro atoms. The molecule has 3 amide bonds. The Hall–Kier alpha value is -3.93. The average Bonchev–Trinajstić information content (AvgIpc) is 2.85. The normalized spacial score (nSPS) is 10.7. The number of nitrogens with one attached hydrogen (secondary N) is 1. The number of rotatable bonds is 12. The van der Waals surface area contributed by atoms with Crippen molar-refractivity contribution in [2.24, 2.45) is 0 Å². The van der Waals surface area contributed by atoms with Gasteiger partial charge in [0.05, 0.1) is 19.0 Å². The maximum Gasteiger partial charge on any atom is 0.410 e. The van der Waals surface area contributed by atoms with Crippen LogP contribution in [0.25, 0.3) is 0 Å². The lowest BCUT2D eigenvalue weighted by Gasteiger charge is -2.27. The quantitative estimate of drug-likeness (QED) is 0.446. The zero-order chi connectivity index (χ0) is 26.4. The van der Waals surface area contributed by atoms with Crippen molar-refractivity contribution in [3.63, 3.8) is 0 Å². The van der Waals surface area contributed by atoms with Crippen molar-refractivity contribution in [1.29, 1.82) is 5.26 Å². The first-order valence-electron chi connectivity index (χ1n) is 12.1. The van der Waals surface area contributed by atoms with Crippen LogP contribution in [-0.4, -0.2) is 53.0 Å². The van der Waals surface area contributed by atoms with Crippen molar-refractivity contribution in [3.05, 3.63) is 60.4 Å². The maximum atomic E-state index is 12.7. The van der Waals surface area contributed by atoms with Crippen LogP contribution in [0.15, 0.2) is 54.9 Å². The first kappa shape index (κ1) is 28.3. The minimum Gasteiger partial charge on any atom is -0.444 e. The monoisotopic (exact) mass is 493 g/mol. The molecule has 0 saturated carbocycles. The SMILES string of the molecule is CC(C)(C)OC(=O)N(CCCNC(=O)CCC(=O)N(CCC#N)c1ccccc1)Cc1cccnc1. The Bertz CT molecular complexity index is 1020. The van der Waals surface area contributed by atoms with Crippen molar-refractivity contribution in [1.82, 2.24) is 15.2 Å². The second-order valence-corrected chi connectivity index (χ2v) is 9.26. The van der Waals surface area contributed by atoms with E-state index >= 15 is 0 Å². The first-order valence-corrected chi connectivity index (χ1v) is 12.1. The Morgan fingerprint density at radius 3 is 2.44 bits per heavy atom. The summed E-state index contributed by atoms with van der Waals surface area (Å²) < 4.78 is 5.52. The van der Waals surface area contributed by atoms with Crippen LogP contribution in [0.4, 0.5) is 10.5 Å². The highest BCUT2D eigenvalue weighted by molar-refractivity contribution is 5.95. The number of ether oxygens (including phenoxy) is 1. The molecule has 192 valence electrons. The number of benzene rings is 1. The van der Waals surface area contributed by atoms with E-state index < -0.39 is 11.7 Å². The fourth-order valence-electron chi connectivity index (χ4n) is 3.38. The molecule has 0 aliphatic rings. The third kappa shape index (κ3) is 10.6. The smallest absolute Gasteiger partial charge is 0.410 e. The fraction of sp³-hybridized carbons (Fsp3) is 0.444. The predicted octanol–water partition coefficient (Wildman–Crippen LogP) is 4.05. The molecule has 0 unspecified atom stereocenters. The standard InChI is InChI=1S/C27H35N5O4/c1-27(2,3)36-26(35)31(21-22-10-7-16-29-20-22)18-9-17-30-24(33)13-14-25(34)32(19-8-15-28)23-11-5-4-6-12-23/h4-7,10-12,16,20H,8-9,13-14,17-19,21H2,1-3H3,(H,30,33). The van der Waals surface area contributed by atoms with E-state index in [4.69, 9.17) is 10.00 Å². The summed E-state index contributed by atoms with van der Waals surface area (Å²) >= 11 is 0. The molecular formula is C27H35N5O4. The van der Waals surface area contributed by atoms with Crippen molar-refractivity contribution >= 4 is 23.6 Å². The van der Waals surface area contributed by atoms with Gasteiger partial charge in [-0.25, -0.2) is 4.79 Å². The van der Waals surface area contributed by atoms with E-state index in [1.807, 2.05) is 51.1 Å². The lowest BCUT2D eigenvalue weighted by molar-refractivity contribution is -0.125. The Labute approximate surface area is 213 Å². The predicted molar refractivity (Wildman–Crippen MR) is 137 cm³/mol. The molecule has 2 aromatic rings. The molecule has 1 aromatic carbocycles. The summed E-state index contributed by atoms with van der Waals surface area (Å²) in [6, 6.07) is 14.9. The van der Waals surface area contributed by atoms with E-state index in [0.29, 0.717) is 31.7 Å². The molecule has 1 N–H and O–H groups in total. The number of nitrogens with zero attached hydrogens (tertiary/aromatic N) is 4. The van der Waals surface area contributed by atoms with Crippen molar-refractivity contribution in [2.75, 3.05) is 24.5 Å². The van der Waals surface area contributed by atoms with Gasteiger partial charge in [-0.3, -0.25) is 14.6 Å². The van der Waals surface area contributed by atoms with Crippen LogP contribution in [0.1, 0.15) is 52.0 Å². The summed E-state index contributed by atoms with van der Waals surface area (Å²) in [4.78, 5) is 44.9. The molecular weight excluding hydrogens is 458 g/mol. The zero-order valence-corrected chi connectivity index (χ0v) is 21.3. The van der Waals surface area contributed by atoms with Crippen molar-refractivity contribution in [3.8, 4) is 6.07 Å². The number of hydrogen-bond acceptors (Lipinski definition) is 6. The lowest BCUT2D eigenvalue weighted by Crippen LogP contribution is -2.38. The topological polar surface area (TPSA) is 116 Å². The van der Waals surface area contributed by atoms with Gasteiger partial charge in [0, 0.05) is 50.6 Å². The van der Waals surface area contributed by atoms with Crippen LogP contribution < -0.4 is 10.2 Å². The number of carbonyl (C=O) groups excluding carboxylic acids is 3. The highest BCUT2D eigenvalue weighted by Crippen LogP contribution is 2.16. The Morgan fingerprint density at radius 1 is 1.06 bits per heavy atom. The summed E-state index contributed by atoms with van der Waals surface area (Å²) in [6.07, 6.45) is 3.76. The van der Waals surface area contributed by atoms with Gasteiger partial charge in [0.1, 0.15) is 5.60 Å². The number of anilines is 1. The van der Waals surface area contributed by atoms with E-state index in [1.54, 1.807) is 29.4 Å². The zero-order valence-electron chi connectivity index (χ0n) is 21.3. The second-order valence-electron chi connectivity index (χ2n) is 9.26. The Balaban J connectivity index is 1.82. The molecule has 0 aliphatic carbocycles. The Morgan fingerprint density at radius 2 is 1.81 bits per heavy atom. The molecule has 0 bridgehead atoms.